The van der Waals surface area contributed by atoms with Gasteiger partial charge in [-0.2, -0.15) is 5.26 Å². The van der Waals surface area contributed by atoms with Crippen LogP contribution in [0, 0.1) is 17.2 Å². The minimum atomic E-state index is -0.342. The van der Waals surface area contributed by atoms with Crippen molar-refractivity contribution in [2.75, 3.05) is 11.4 Å². The second-order valence-corrected chi connectivity index (χ2v) is 6.21. The monoisotopic (exact) mass is 333 g/mol. The summed E-state index contributed by atoms with van der Waals surface area (Å²) in [5, 5.41) is 12.2. The molecule has 0 spiro atoms. The zero-order valence-corrected chi connectivity index (χ0v) is 14.6. The lowest BCUT2D eigenvalue weighted by Gasteiger charge is -2.21. The van der Waals surface area contributed by atoms with E-state index < -0.39 is 0 Å². The molecule has 2 aromatic rings. The summed E-state index contributed by atoms with van der Waals surface area (Å²) in [6, 6.07) is 21.7. The summed E-state index contributed by atoms with van der Waals surface area (Å²) in [5.41, 5.74) is 2.12. The van der Waals surface area contributed by atoms with E-state index in [2.05, 4.69) is 5.32 Å². The zero-order valence-electron chi connectivity index (χ0n) is 14.6. The predicted molar refractivity (Wildman–Crippen MR) is 101 cm³/mol. The van der Waals surface area contributed by atoms with Crippen LogP contribution in [-0.2, 0) is 11.3 Å². The average Bonchev–Trinajstić information content (AvgIpc) is 2.64. The van der Waals surface area contributed by atoms with Gasteiger partial charge in [-0.1, -0.05) is 62.4 Å². The maximum Gasteiger partial charge on any atom is 0.263 e. The summed E-state index contributed by atoms with van der Waals surface area (Å²) in [6.45, 7) is 5.15. The third kappa shape index (κ3) is 5.82. The van der Waals surface area contributed by atoms with Crippen molar-refractivity contribution < 1.29 is 4.79 Å². The summed E-state index contributed by atoms with van der Waals surface area (Å²) < 4.78 is 0. The number of para-hydroxylation sites is 1. The Labute approximate surface area is 149 Å². The highest BCUT2D eigenvalue weighted by Crippen LogP contribution is 2.18. The molecule has 4 nitrogen and oxygen atoms in total. The summed E-state index contributed by atoms with van der Waals surface area (Å²) in [5.74, 6) is -0.0105. The molecule has 4 heteroatoms. The van der Waals surface area contributed by atoms with E-state index in [0.29, 0.717) is 19.0 Å². The fourth-order valence-corrected chi connectivity index (χ4v) is 2.30. The molecule has 0 fully saturated rings. The van der Waals surface area contributed by atoms with Crippen molar-refractivity contribution in [3.8, 4) is 6.07 Å². The van der Waals surface area contributed by atoms with Crippen LogP contribution in [0.4, 0.5) is 5.69 Å². The van der Waals surface area contributed by atoms with Crippen molar-refractivity contribution in [3.63, 3.8) is 0 Å². The molecule has 0 radical (unpaired) electrons. The first kappa shape index (κ1) is 18.3. The van der Waals surface area contributed by atoms with Crippen molar-refractivity contribution in [1.82, 2.24) is 5.32 Å². The number of carbonyl (C=O) groups excluding carboxylic acids is 1. The first-order chi connectivity index (χ1) is 12.1. The van der Waals surface area contributed by atoms with Crippen molar-refractivity contribution in [2.45, 2.75) is 20.4 Å². The van der Waals surface area contributed by atoms with Gasteiger partial charge in [-0.15, -0.1) is 0 Å². The predicted octanol–water partition coefficient (Wildman–Crippen LogP) is 3.87. The Balaban J connectivity index is 2.27. The number of hydrogen-bond donors (Lipinski definition) is 1. The maximum absolute atomic E-state index is 12.3. The summed E-state index contributed by atoms with van der Waals surface area (Å²) in [6.07, 6.45) is 1.62. The Morgan fingerprint density at radius 1 is 1.12 bits per heavy atom. The number of benzene rings is 2. The maximum atomic E-state index is 12.3. The SMILES string of the molecule is CC(C)CNC(=O)/C(C#N)=C\N(Cc1ccccc1)c1ccccc1. The van der Waals surface area contributed by atoms with Crippen molar-refractivity contribution in [2.24, 2.45) is 5.92 Å². The van der Waals surface area contributed by atoms with Gasteiger partial charge < -0.3 is 10.2 Å². The van der Waals surface area contributed by atoms with Gasteiger partial charge >= 0.3 is 0 Å². The van der Waals surface area contributed by atoms with E-state index in [1.54, 1.807) is 6.20 Å². The Kier molecular flexibility index (Phi) is 6.79. The van der Waals surface area contributed by atoms with Crippen LogP contribution in [-0.4, -0.2) is 12.5 Å². The molecule has 0 atom stereocenters. The second-order valence-electron chi connectivity index (χ2n) is 6.21. The Morgan fingerprint density at radius 3 is 2.28 bits per heavy atom. The van der Waals surface area contributed by atoms with Crippen molar-refractivity contribution in [3.05, 3.63) is 78.0 Å². The van der Waals surface area contributed by atoms with E-state index in [1.165, 1.54) is 0 Å². The minimum absolute atomic E-state index is 0.0976. The van der Waals surface area contributed by atoms with Crippen LogP contribution in [0.5, 0.6) is 0 Å². The highest BCUT2D eigenvalue weighted by molar-refractivity contribution is 5.97. The second kappa shape index (κ2) is 9.29. The molecule has 0 aromatic heterocycles. The summed E-state index contributed by atoms with van der Waals surface area (Å²) in [7, 11) is 0. The summed E-state index contributed by atoms with van der Waals surface area (Å²) in [4.78, 5) is 14.2. The lowest BCUT2D eigenvalue weighted by atomic mass is 10.2. The average molecular weight is 333 g/mol. The molecule has 0 saturated carbocycles. The van der Waals surface area contributed by atoms with Gasteiger partial charge in [0.05, 0.1) is 0 Å². The van der Waals surface area contributed by atoms with E-state index in [0.717, 1.165) is 11.3 Å². The van der Waals surface area contributed by atoms with Crippen LogP contribution >= 0.6 is 0 Å². The number of anilines is 1. The molecule has 0 heterocycles. The molecule has 128 valence electrons. The van der Waals surface area contributed by atoms with Crippen molar-refractivity contribution >= 4 is 11.6 Å². The lowest BCUT2D eigenvalue weighted by molar-refractivity contribution is -0.117. The zero-order chi connectivity index (χ0) is 18.1. The van der Waals surface area contributed by atoms with Gasteiger partial charge in [-0.3, -0.25) is 4.79 Å². The van der Waals surface area contributed by atoms with Gasteiger partial charge in [0.1, 0.15) is 11.6 Å². The molecule has 25 heavy (non-hydrogen) atoms. The quantitative estimate of drug-likeness (QED) is 0.618. The number of nitrogens with one attached hydrogen (secondary N) is 1. The Hall–Kier alpha value is -3.06. The summed E-state index contributed by atoms with van der Waals surface area (Å²) >= 11 is 0. The first-order valence-corrected chi connectivity index (χ1v) is 8.36. The molecule has 0 unspecified atom stereocenters. The van der Waals surface area contributed by atoms with Gasteiger partial charge in [0.15, 0.2) is 0 Å². The number of carbonyl (C=O) groups is 1. The highest BCUT2D eigenvalue weighted by atomic mass is 16.1. The van der Waals surface area contributed by atoms with Crippen LogP contribution in [0.3, 0.4) is 0 Å². The number of nitriles is 1. The highest BCUT2D eigenvalue weighted by Gasteiger charge is 2.13. The van der Waals surface area contributed by atoms with Gasteiger partial charge in [-0.25, -0.2) is 0 Å². The van der Waals surface area contributed by atoms with Gasteiger partial charge in [0.25, 0.3) is 5.91 Å². The fraction of sp³-hybridized carbons (Fsp3) is 0.238. The number of amides is 1. The Morgan fingerprint density at radius 2 is 1.72 bits per heavy atom. The molecule has 1 N–H and O–H groups in total. The lowest BCUT2D eigenvalue weighted by Crippen LogP contribution is -2.29. The molecule has 1 amide bonds. The van der Waals surface area contributed by atoms with E-state index in [9.17, 15) is 10.1 Å². The molecule has 2 rings (SSSR count). The van der Waals surface area contributed by atoms with E-state index >= 15 is 0 Å². The molecular formula is C21H23N3O. The normalized spacial score (nSPS) is 11.0. The Bertz CT molecular complexity index is 746. The van der Waals surface area contributed by atoms with E-state index in [-0.39, 0.29) is 11.5 Å². The first-order valence-electron chi connectivity index (χ1n) is 8.36. The van der Waals surface area contributed by atoms with Crippen LogP contribution in [0.1, 0.15) is 19.4 Å². The largest absolute Gasteiger partial charge is 0.351 e. The van der Waals surface area contributed by atoms with E-state index in [1.807, 2.05) is 85.5 Å². The topological polar surface area (TPSA) is 56.1 Å². The number of hydrogen-bond acceptors (Lipinski definition) is 3. The van der Waals surface area contributed by atoms with Gasteiger partial charge in [0, 0.05) is 25.0 Å². The molecule has 0 aliphatic rings. The smallest absolute Gasteiger partial charge is 0.263 e. The fourth-order valence-electron chi connectivity index (χ4n) is 2.30. The molecule has 0 aliphatic heterocycles. The molecule has 2 aromatic carbocycles. The van der Waals surface area contributed by atoms with Gasteiger partial charge in [-0.05, 0) is 23.6 Å². The molecular weight excluding hydrogens is 310 g/mol. The standard InChI is InChI=1S/C21H23N3O/c1-17(2)14-23-21(25)19(13-22)16-24(20-11-7-4-8-12-20)15-18-9-5-3-6-10-18/h3-12,16-17H,14-15H2,1-2H3,(H,23,25)/b19-16-. The van der Waals surface area contributed by atoms with Crippen LogP contribution in [0.15, 0.2) is 72.4 Å². The molecule has 0 saturated heterocycles. The van der Waals surface area contributed by atoms with E-state index in [4.69, 9.17) is 0 Å². The molecule has 0 bridgehead atoms. The van der Waals surface area contributed by atoms with Crippen LogP contribution in [0.2, 0.25) is 0 Å². The number of nitrogens with zero attached hydrogens (tertiary/aromatic N) is 2. The third-order valence-corrected chi connectivity index (χ3v) is 3.60. The van der Waals surface area contributed by atoms with Crippen LogP contribution in [0.25, 0.3) is 0 Å². The number of rotatable bonds is 7. The van der Waals surface area contributed by atoms with Crippen LogP contribution < -0.4 is 10.2 Å². The van der Waals surface area contributed by atoms with Crippen molar-refractivity contribution in [1.29, 1.82) is 5.26 Å². The van der Waals surface area contributed by atoms with Gasteiger partial charge in [0.2, 0.25) is 0 Å². The minimum Gasteiger partial charge on any atom is -0.351 e. The molecule has 0 aliphatic carbocycles. The third-order valence-electron chi connectivity index (χ3n) is 3.60.